The summed E-state index contributed by atoms with van der Waals surface area (Å²) in [4.78, 5) is 46.4. The van der Waals surface area contributed by atoms with E-state index in [1.165, 1.54) is 0 Å². The smallest absolute Gasteiger partial charge is 0.255 e. The number of carbonyl (C=O) groups is 3. The van der Waals surface area contributed by atoms with Gasteiger partial charge in [0.15, 0.2) is 0 Å². The van der Waals surface area contributed by atoms with E-state index in [1.807, 2.05) is 42.5 Å². The lowest BCUT2D eigenvalue weighted by molar-refractivity contribution is -0.136. The monoisotopic (exact) mass is 801 g/mol. The number of aromatic hydroxyl groups is 1. The van der Waals surface area contributed by atoms with Crippen LogP contribution in [-0.2, 0) is 16.1 Å². The molecule has 4 aromatic carbocycles. The summed E-state index contributed by atoms with van der Waals surface area (Å²) >= 11 is 0. The van der Waals surface area contributed by atoms with Gasteiger partial charge in [-0.1, -0.05) is 36.4 Å². The summed E-state index contributed by atoms with van der Waals surface area (Å²) in [5.74, 6) is 1.05. The fraction of sp³-hybridized carbons (Fsp3) is 0.413. The summed E-state index contributed by atoms with van der Waals surface area (Å²) in [6.07, 6.45) is 2.44. The molecule has 6 heterocycles. The number of nitrogens with zero attached hydrogens (tertiary/aromatic N) is 4. The van der Waals surface area contributed by atoms with Crippen molar-refractivity contribution in [1.82, 2.24) is 15.1 Å². The maximum atomic E-state index is 16.4. The highest BCUT2D eigenvalue weighted by molar-refractivity contribution is 6.06. The highest BCUT2D eigenvalue weighted by Gasteiger charge is 2.43. The number of methoxy groups -OCH3 is 1. The molecule has 0 aromatic heterocycles. The van der Waals surface area contributed by atoms with E-state index in [9.17, 15) is 19.5 Å². The SMILES string of the molecule is COc1cc(N2CCC(CN3CCN4c5ccc6c(c5OC[C@@H]4C3)CN([C@@H]3CCC(=O)NC3=O)C6=O)CC2)c(F)cc1[C@@H]1c2ccc(O)cc2OC[C@@H]1c1ccccc1. The number of benzene rings is 4. The lowest BCUT2D eigenvalue weighted by Crippen LogP contribution is -2.58. The van der Waals surface area contributed by atoms with Crippen LogP contribution in [0.25, 0.3) is 0 Å². The van der Waals surface area contributed by atoms with E-state index in [0.717, 1.165) is 85.8 Å². The molecule has 13 heteroatoms. The van der Waals surface area contributed by atoms with Crippen molar-refractivity contribution in [3.8, 4) is 23.0 Å². The van der Waals surface area contributed by atoms with Gasteiger partial charge in [0.25, 0.3) is 5.91 Å². The van der Waals surface area contributed by atoms with E-state index in [1.54, 1.807) is 30.2 Å². The second kappa shape index (κ2) is 15.1. The van der Waals surface area contributed by atoms with Crippen LogP contribution in [0.3, 0.4) is 0 Å². The molecule has 0 spiro atoms. The molecule has 10 rings (SSSR count). The second-order valence-electron chi connectivity index (χ2n) is 16.8. The quantitative estimate of drug-likeness (QED) is 0.235. The van der Waals surface area contributed by atoms with Gasteiger partial charge < -0.3 is 34.0 Å². The van der Waals surface area contributed by atoms with Gasteiger partial charge >= 0.3 is 0 Å². The van der Waals surface area contributed by atoms with E-state index in [-0.39, 0.29) is 47.7 Å². The van der Waals surface area contributed by atoms with Gasteiger partial charge in [-0.25, -0.2) is 4.39 Å². The van der Waals surface area contributed by atoms with Crippen LogP contribution in [0, 0.1) is 11.7 Å². The minimum absolute atomic E-state index is 0.0795. The number of ether oxygens (including phenoxy) is 3. The number of phenolic OH excluding ortho intramolecular Hbond substituents is 1. The lowest BCUT2D eigenvalue weighted by Gasteiger charge is -2.47. The number of phenols is 1. The molecule has 6 aliphatic heterocycles. The first-order chi connectivity index (χ1) is 28.7. The van der Waals surface area contributed by atoms with Crippen molar-refractivity contribution in [2.24, 2.45) is 5.92 Å². The predicted octanol–water partition coefficient (Wildman–Crippen LogP) is 5.41. The molecular weight excluding hydrogens is 754 g/mol. The Hall–Kier alpha value is -5.82. The standard InChI is InChI=1S/C46H48FN5O7/c1-57-40-21-39(36(47)20-33(40)43-32-8-7-30(53)19-41(32)58-26-35(43)28-5-3-2-4-6-28)50-15-13-27(14-16-50)22-49-17-18-51-29(23-49)25-59-44-34-24-52(38-11-12-42(54)48-45(38)55)46(56)31(34)9-10-37(44)51/h2-10,19-21,27,29,35,38,43,53H,11-18,22-26H2,1H3,(H,48,54,55)/t29-,35+,38+,43-/m0/s1. The van der Waals surface area contributed by atoms with Crippen molar-refractivity contribution in [3.63, 3.8) is 0 Å². The third-order valence-corrected chi connectivity index (χ3v) is 13.4. The molecule has 12 nitrogen and oxygen atoms in total. The maximum Gasteiger partial charge on any atom is 0.255 e. The highest BCUT2D eigenvalue weighted by atomic mass is 19.1. The molecule has 0 radical (unpaired) electrons. The molecule has 0 aliphatic carbocycles. The van der Waals surface area contributed by atoms with Gasteiger partial charge in [-0.2, -0.15) is 0 Å². The Morgan fingerprint density at radius 2 is 1.69 bits per heavy atom. The zero-order valence-corrected chi connectivity index (χ0v) is 33.1. The van der Waals surface area contributed by atoms with Crippen molar-refractivity contribution in [1.29, 1.82) is 0 Å². The maximum absolute atomic E-state index is 16.4. The van der Waals surface area contributed by atoms with Gasteiger partial charge in [-0.05, 0) is 55.0 Å². The fourth-order valence-corrected chi connectivity index (χ4v) is 10.4. The van der Waals surface area contributed by atoms with Gasteiger partial charge in [0.1, 0.15) is 41.5 Å². The van der Waals surface area contributed by atoms with Gasteiger partial charge in [-0.3, -0.25) is 24.6 Å². The molecule has 4 aromatic rings. The van der Waals surface area contributed by atoms with Crippen LogP contribution >= 0.6 is 0 Å². The Kier molecular flexibility index (Phi) is 9.58. The molecule has 0 saturated carbocycles. The van der Waals surface area contributed by atoms with Crippen LogP contribution in [-0.4, -0.2) is 104 Å². The number of amides is 3. The molecule has 4 atom stereocenters. The third kappa shape index (κ3) is 6.69. The van der Waals surface area contributed by atoms with Gasteiger partial charge in [0.05, 0.1) is 37.7 Å². The molecule has 2 N–H and O–H groups in total. The van der Waals surface area contributed by atoms with Gasteiger partial charge in [0.2, 0.25) is 11.8 Å². The largest absolute Gasteiger partial charge is 0.508 e. The Balaban J connectivity index is 0.793. The molecule has 59 heavy (non-hydrogen) atoms. The van der Waals surface area contributed by atoms with E-state index in [4.69, 9.17) is 14.2 Å². The fourth-order valence-electron chi connectivity index (χ4n) is 10.4. The first kappa shape index (κ1) is 37.5. The van der Waals surface area contributed by atoms with Crippen LogP contribution in [0.15, 0.2) is 72.8 Å². The van der Waals surface area contributed by atoms with Crippen molar-refractivity contribution in [3.05, 3.63) is 106 Å². The minimum atomic E-state index is -0.663. The van der Waals surface area contributed by atoms with Crippen LogP contribution in [0.5, 0.6) is 23.0 Å². The van der Waals surface area contributed by atoms with Crippen molar-refractivity contribution >= 4 is 29.1 Å². The van der Waals surface area contributed by atoms with Crippen molar-refractivity contribution in [2.75, 3.05) is 69.4 Å². The average Bonchev–Trinajstić information content (AvgIpc) is 3.59. The zero-order chi connectivity index (χ0) is 40.4. The van der Waals surface area contributed by atoms with E-state index >= 15 is 4.39 Å². The normalized spacial score (nSPS) is 24.4. The number of halogens is 1. The Labute approximate surface area is 342 Å². The van der Waals surface area contributed by atoms with Crippen LogP contribution < -0.4 is 29.3 Å². The van der Waals surface area contributed by atoms with E-state index < -0.39 is 11.9 Å². The number of piperazine rings is 1. The third-order valence-electron chi connectivity index (χ3n) is 13.4. The average molecular weight is 802 g/mol. The number of carbonyl (C=O) groups excluding carboxylic acids is 3. The minimum Gasteiger partial charge on any atom is -0.508 e. The second-order valence-corrected chi connectivity index (χ2v) is 16.8. The van der Waals surface area contributed by atoms with Crippen molar-refractivity contribution < 1.29 is 38.1 Å². The number of imide groups is 1. The highest BCUT2D eigenvalue weighted by Crippen LogP contribution is 2.50. The Morgan fingerprint density at radius 1 is 0.864 bits per heavy atom. The molecule has 3 amide bonds. The number of hydrogen-bond donors (Lipinski definition) is 2. The topological polar surface area (TPSA) is 124 Å². The van der Waals surface area contributed by atoms with Crippen molar-refractivity contribution in [2.45, 2.75) is 56.1 Å². The van der Waals surface area contributed by atoms with Crippen LogP contribution in [0.4, 0.5) is 15.8 Å². The van der Waals surface area contributed by atoms with E-state index in [0.29, 0.717) is 54.8 Å². The van der Waals surface area contributed by atoms with E-state index in [2.05, 4.69) is 32.1 Å². The number of fused-ring (bicyclic) bond motifs is 6. The summed E-state index contributed by atoms with van der Waals surface area (Å²) in [7, 11) is 1.64. The molecule has 0 unspecified atom stereocenters. The summed E-state index contributed by atoms with van der Waals surface area (Å²) in [6.45, 7) is 6.25. The number of piperidine rings is 2. The summed E-state index contributed by atoms with van der Waals surface area (Å²) in [5.41, 5.74) is 5.66. The zero-order valence-electron chi connectivity index (χ0n) is 33.1. The predicted molar refractivity (Wildman–Crippen MR) is 218 cm³/mol. The van der Waals surface area contributed by atoms with Crippen LogP contribution in [0.2, 0.25) is 0 Å². The van der Waals surface area contributed by atoms with Gasteiger partial charge in [-0.15, -0.1) is 0 Å². The first-order valence-corrected chi connectivity index (χ1v) is 20.8. The molecule has 6 aliphatic rings. The molecule has 0 bridgehead atoms. The molecule has 306 valence electrons. The summed E-state index contributed by atoms with van der Waals surface area (Å²) in [6, 6.07) is 22.2. The summed E-state index contributed by atoms with van der Waals surface area (Å²) < 4.78 is 35.0. The van der Waals surface area contributed by atoms with Crippen LogP contribution in [0.1, 0.15) is 70.1 Å². The number of nitrogens with one attached hydrogen (secondary N) is 1. The Morgan fingerprint density at radius 3 is 2.49 bits per heavy atom. The lowest BCUT2D eigenvalue weighted by atomic mass is 9.75. The molecule has 3 saturated heterocycles. The summed E-state index contributed by atoms with van der Waals surface area (Å²) in [5, 5.41) is 12.6. The first-order valence-electron chi connectivity index (χ1n) is 20.8. The number of anilines is 2. The Bertz CT molecular complexity index is 2320. The number of hydrogen-bond acceptors (Lipinski definition) is 10. The molecular formula is C46H48FN5O7. The molecule has 3 fully saturated rings. The van der Waals surface area contributed by atoms with Gasteiger partial charge in [0, 0.05) is 91.9 Å². The number of rotatable bonds is 7.